The number of rotatable bonds is 3. The zero-order valence-electron chi connectivity index (χ0n) is 15.2. The van der Waals surface area contributed by atoms with Gasteiger partial charge in [0.2, 0.25) is 0 Å². The van der Waals surface area contributed by atoms with Gasteiger partial charge >= 0.3 is 18.2 Å². The highest BCUT2D eigenvalue weighted by Crippen LogP contribution is 2.23. The van der Waals surface area contributed by atoms with Gasteiger partial charge in [-0.05, 0) is 48.0 Å². The molecule has 1 fully saturated rings. The van der Waals surface area contributed by atoms with Crippen LogP contribution in [0.25, 0.3) is 0 Å². The molecule has 2 N–H and O–H groups in total. The summed E-state index contributed by atoms with van der Waals surface area (Å²) in [7, 11) is 0. The zero-order valence-corrected chi connectivity index (χ0v) is 15.2. The van der Waals surface area contributed by atoms with Crippen LogP contribution >= 0.6 is 0 Å². The summed E-state index contributed by atoms with van der Waals surface area (Å²) >= 11 is 0. The second kappa shape index (κ2) is 7.27. The van der Waals surface area contributed by atoms with Crippen molar-refractivity contribution in [1.29, 1.82) is 0 Å². The highest BCUT2D eigenvalue weighted by molar-refractivity contribution is 5.80. The third-order valence-electron chi connectivity index (χ3n) is 3.29. The lowest BCUT2D eigenvalue weighted by Crippen LogP contribution is -2.48. The standard InChI is InChI=1S/C16H28N2O6/c1-15(2,3)23-13(21)17-11(12(19)20)10-7-8-18(9-10)14(22)24-16(4,5)6/h10-11H,7-9H2,1-6H3,(H,17,21)(H,19,20). The van der Waals surface area contributed by atoms with Crippen molar-refractivity contribution >= 4 is 18.2 Å². The Kier molecular flexibility index (Phi) is 6.08. The van der Waals surface area contributed by atoms with Crippen molar-refractivity contribution in [3.63, 3.8) is 0 Å². The molecular weight excluding hydrogens is 316 g/mol. The van der Waals surface area contributed by atoms with Crippen LogP contribution in [0.1, 0.15) is 48.0 Å². The number of amides is 2. The van der Waals surface area contributed by atoms with E-state index in [1.807, 2.05) is 0 Å². The van der Waals surface area contributed by atoms with Crippen LogP contribution in [0.4, 0.5) is 9.59 Å². The average molecular weight is 344 g/mol. The molecule has 0 saturated carbocycles. The van der Waals surface area contributed by atoms with Crippen molar-refractivity contribution in [2.75, 3.05) is 13.1 Å². The maximum absolute atomic E-state index is 12.1. The number of aliphatic carboxylic acids is 1. The van der Waals surface area contributed by atoms with Crippen LogP contribution in [0.2, 0.25) is 0 Å². The number of hydrogen-bond donors (Lipinski definition) is 2. The minimum atomic E-state index is -1.16. The third kappa shape index (κ3) is 6.64. The van der Waals surface area contributed by atoms with Gasteiger partial charge in [0.15, 0.2) is 0 Å². The van der Waals surface area contributed by atoms with Crippen LogP contribution in [0.3, 0.4) is 0 Å². The summed E-state index contributed by atoms with van der Waals surface area (Å²) in [5, 5.41) is 11.8. The molecule has 0 spiro atoms. The lowest BCUT2D eigenvalue weighted by atomic mass is 9.99. The smallest absolute Gasteiger partial charge is 0.410 e. The second-order valence-electron chi connectivity index (χ2n) is 7.94. The van der Waals surface area contributed by atoms with E-state index in [4.69, 9.17) is 9.47 Å². The van der Waals surface area contributed by atoms with Gasteiger partial charge in [-0.15, -0.1) is 0 Å². The fourth-order valence-corrected chi connectivity index (χ4v) is 2.37. The van der Waals surface area contributed by atoms with Crippen molar-refractivity contribution in [2.24, 2.45) is 5.92 Å². The van der Waals surface area contributed by atoms with Gasteiger partial charge < -0.3 is 24.8 Å². The molecule has 2 amide bonds. The van der Waals surface area contributed by atoms with E-state index in [9.17, 15) is 19.5 Å². The summed E-state index contributed by atoms with van der Waals surface area (Å²) in [6.07, 6.45) is -0.802. The van der Waals surface area contributed by atoms with Gasteiger partial charge in [0.1, 0.15) is 17.2 Å². The summed E-state index contributed by atoms with van der Waals surface area (Å²) in [5.41, 5.74) is -1.33. The summed E-state index contributed by atoms with van der Waals surface area (Å²) in [4.78, 5) is 36.8. The van der Waals surface area contributed by atoms with Gasteiger partial charge in [-0.2, -0.15) is 0 Å². The minimum Gasteiger partial charge on any atom is -0.480 e. The molecule has 8 nitrogen and oxygen atoms in total. The molecule has 0 aliphatic carbocycles. The Morgan fingerprint density at radius 1 is 1.08 bits per heavy atom. The lowest BCUT2D eigenvalue weighted by molar-refractivity contribution is -0.140. The van der Waals surface area contributed by atoms with E-state index in [2.05, 4.69) is 5.32 Å². The SMILES string of the molecule is CC(C)(C)OC(=O)NC(C(=O)O)C1CCN(C(=O)OC(C)(C)C)C1. The van der Waals surface area contributed by atoms with Crippen LogP contribution in [0.15, 0.2) is 0 Å². The Morgan fingerprint density at radius 2 is 1.62 bits per heavy atom. The Bertz CT molecular complexity index is 492. The van der Waals surface area contributed by atoms with Crippen molar-refractivity contribution in [3.8, 4) is 0 Å². The molecule has 24 heavy (non-hydrogen) atoms. The van der Waals surface area contributed by atoms with Crippen molar-refractivity contribution in [2.45, 2.75) is 65.2 Å². The highest BCUT2D eigenvalue weighted by Gasteiger charge is 2.38. The number of carboxylic acid groups (broad SMARTS) is 1. The molecule has 1 aliphatic heterocycles. The van der Waals surface area contributed by atoms with Crippen molar-refractivity contribution < 1.29 is 29.0 Å². The van der Waals surface area contributed by atoms with Gasteiger partial charge in [-0.3, -0.25) is 0 Å². The predicted octanol–water partition coefficient (Wildman–Crippen LogP) is 2.22. The number of likely N-dealkylation sites (tertiary alicyclic amines) is 1. The van der Waals surface area contributed by atoms with Crippen molar-refractivity contribution in [3.05, 3.63) is 0 Å². The molecule has 0 aromatic carbocycles. The maximum atomic E-state index is 12.1. The Labute approximate surface area is 142 Å². The minimum absolute atomic E-state index is 0.210. The molecule has 1 heterocycles. The molecule has 1 aliphatic rings. The Balaban J connectivity index is 2.67. The first kappa shape index (κ1) is 20.1. The quantitative estimate of drug-likeness (QED) is 0.813. The van der Waals surface area contributed by atoms with E-state index in [0.717, 1.165) is 0 Å². The number of carbonyl (C=O) groups excluding carboxylic acids is 2. The summed E-state index contributed by atoms with van der Waals surface area (Å²) in [5.74, 6) is -1.56. The zero-order chi connectivity index (χ0) is 18.7. The van der Waals surface area contributed by atoms with E-state index in [-0.39, 0.29) is 6.54 Å². The van der Waals surface area contributed by atoms with Gasteiger partial charge in [0.05, 0.1) is 0 Å². The van der Waals surface area contributed by atoms with E-state index < -0.39 is 41.3 Å². The summed E-state index contributed by atoms with van der Waals surface area (Å²) in [6.45, 7) is 11.0. The molecule has 1 saturated heterocycles. The highest BCUT2D eigenvalue weighted by atomic mass is 16.6. The van der Waals surface area contributed by atoms with E-state index in [1.54, 1.807) is 41.5 Å². The Morgan fingerprint density at radius 3 is 2.08 bits per heavy atom. The van der Waals surface area contributed by atoms with Crippen LogP contribution in [-0.4, -0.2) is 58.5 Å². The first-order chi connectivity index (χ1) is 10.8. The van der Waals surface area contributed by atoms with Crippen LogP contribution in [0, 0.1) is 5.92 Å². The number of alkyl carbamates (subject to hydrolysis) is 1. The molecule has 0 aromatic heterocycles. The number of hydrogen-bond acceptors (Lipinski definition) is 5. The second-order valence-corrected chi connectivity index (χ2v) is 7.94. The first-order valence-corrected chi connectivity index (χ1v) is 7.99. The van der Waals surface area contributed by atoms with Crippen LogP contribution < -0.4 is 5.32 Å². The summed E-state index contributed by atoms with van der Waals surface area (Å²) < 4.78 is 10.4. The van der Waals surface area contributed by atoms with E-state index in [0.29, 0.717) is 13.0 Å². The predicted molar refractivity (Wildman–Crippen MR) is 86.7 cm³/mol. The molecule has 2 unspecified atom stereocenters. The van der Waals surface area contributed by atoms with Gasteiger partial charge in [0, 0.05) is 19.0 Å². The van der Waals surface area contributed by atoms with Crippen LogP contribution in [0.5, 0.6) is 0 Å². The van der Waals surface area contributed by atoms with E-state index in [1.165, 1.54) is 4.90 Å². The normalized spacial score (nSPS) is 19.6. The number of nitrogens with one attached hydrogen (secondary N) is 1. The van der Waals surface area contributed by atoms with Gasteiger partial charge in [-0.25, -0.2) is 14.4 Å². The first-order valence-electron chi connectivity index (χ1n) is 7.99. The molecule has 138 valence electrons. The molecule has 0 aromatic rings. The van der Waals surface area contributed by atoms with Crippen molar-refractivity contribution in [1.82, 2.24) is 10.2 Å². The average Bonchev–Trinajstić information content (AvgIpc) is 2.80. The lowest BCUT2D eigenvalue weighted by Gasteiger charge is -2.26. The molecule has 0 bridgehead atoms. The summed E-state index contributed by atoms with van der Waals surface area (Å²) in [6, 6.07) is -1.12. The van der Waals surface area contributed by atoms with E-state index >= 15 is 0 Å². The monoisotopic (exact) mass is 344 g/mol. The largest absolute Gasteiger partial charge is 0.480 e. The molecular formula is C16H28N2O6. The molecule has 1 rings (SSSR count). The van der Waals surface area contributed by atoms with Gasteiger partial charge in [0.25, 0.3) is 0 Å². The van der Waals surface area contributed by atoms with Gasteiger partial charge in [-0.1, -0.05) is 0 Å². The number of nitrogens with zero attached hydrogens (tertiary/aromatic N) is 1. The fraction of sp³-hybridized carbons (Fsp3) is 0.812. The number of carbonyl (C=O) groups is 3. The number of ether oxygens (including phenoxy) is 2. The fourth-order valence-electron chi connectivity index (χ4n) is 2.37. The molecule has 8 heteroatoms. The number of carboxylic acids is 1. The third-order valence-corrected chi connectivity index (χ3v) is 3.29. The maximum Gasteiger partial charge on any atom is 0.410 e. The molecule has 2 atom stereocenters. The topological polar surface area (TPSA) is 105 Å². The molecule has 0 radical (unpaired) electrons. The van der Waals surface area contributed by atoms with Crippen LogP contribution in [-0.2, 0) is 14.3 Å². The Hall–Kier alpha value is -1.99.